The van der Waals surface area contributed by atoms with Gasteiger partial charge in [0.2, 0.25) is 0 Å². The summed E-state index contributed by atoms with van der Waals surface area (Å²) in [7, 11) is 0. The number of piperidine rings is 1. The zero-order chi connectivity index (χ0) is 17.4. The van der Waals surface area contributed by atoms with Crippen molar-refractivity contribution in [2.24, 2.45) is 0 Å². The number of nitrogens with zero attached hydrogens (tertiary/aromatic N) is 1. The summed E-state index contributed by atoms with van der Waals surface area (Å²) in [5.74, 6) is -3.63. The van der Waals surface area contributed by atoms with Crippen molar-refractivity contribution in [2.75, 3.05) is 0 Å². The highest BCUT2D eigenvalue weighted by molar-refractivity contribution is 5.68. The first-order chi connectivity index (χ1) is 12.1. The van der Waals surface area contributed by atoms with Crippen LogP contribution >= 0.6 is 0 Å². The van der Waals surface area contributed by atoms with Crippen LogP contribution in [0.1, 0.15) is 36.8 Å². The standard InChI is InChI=1S/C21H20F3N/c22-19-11-16(12-20(23)21(19)24)15-9-17-7-4-8-18(10-15)25(17)13-14-5-2-1-3-6-14/h1-3,5-6,9,11-12,17-18H,4,7-8,10,13H2. The van der Waals surface area contributed by atoms with Crippen LogP contribution in [0.25, 0.3) is 5.57 Å². The van der Waals surface area contributed by atoms with Crippen LogP contribution in [0.15, 0.2) is 48.5 Å². The average molecular weight is 343 g/mol. The number of hydrogen-bond donors (Lipinski definition) is 0. The van der Waals surface area contributed by atoms with E-state index < -0.39 is 17.5 Å². The maximum atomic E-state index is 13.6. The fraction of sp³-hybridized carbons (Fsp3) is 0.333. The SMILES string of the molecule is Fc1cc(C2=CC3CCCC(C2)N3Cc2ccccc2)cc(F)c1F. The molecule has 0 saturated carbocycles. The van der Waals surface area contributed by atoms with Crippen LogP contribution in [0.4, 0.5) is 13.2 Å². The highest BCUT2D eigenvalue weighted by Gasteiger charge is 2.34. The maximum absolute atomic E-state index is 13.6. The summed E-state index contributed by atoms with van der Waals surface area (Å²) in [6, 6.07) is 13.2. The fourth-order valence-corrected chi connectivity index (χ4v) is 4.11. The van der Waals surface area contributed by atoms with Crippen LogP contribution in [0.5, 0.6) is 0 Å². The Balaban J connectivity index is 1.63. The highest BCUT2D eigenvalue weighted by atomic mass is 19.2. The van der Waals surface area contributed by atoms with Crippen molar-refractivity contribution in [2.45, 2.75) is 44.3 Å². The second-order valence-corrected chi connectivity index (χ2v) is 6.96. The number of benzene rings is 2. The molecule has 25 heavy (non-hydrogen) atoms. The minimum absolute atomic E-state index is 0.263. The van der Waals surface area contributed by atoms with Crippen molar-refractivity contribution in [3.63, 3.8) is 0 Å². The molecule has 0 radical (unpaired) electrons. The lowest BCUT2D eigenvalue weighted by atomic mass is 9.82. The van der Waals surface area contributed by atoms with Crippen molar-refractivity contribution in [3.05, 3.63) is 77.1 Å². The van der Waals surface area contributed by atoms with Crippen LogP contribution < -0.4 is 0 Å². The predicted octanol–water partition coefficient (Wildman–Crippen LogP) is 5.31. The molecule has 0 aromatic heterocycles. The Morgan fingerprint density at radius 1 is 0.960 bits per heavy atom. The molecule has 4 rings (SSSR count). The van der Waals surface area contributed by atoms with Gasteiger partial charge in [0.25, 0.3) is 0 Å². The lowest BCUT2D eigenvalue weighted by Gasteiger charge is -2.45. The predicted molar refractivity (Wildman–Crippen MR) is 92.3 cm³/mol. The minimum atomic E-state index is -1.40. The van der Waals surface area contributed by atoms with Gasteiger partial charge in [0.15, 0.2) is 17.5 Å². The van der Waals surface area contributed by atoms with E-state index in [1.807, 2.05) is 18.2 Å². The third-order valence-corrected chi connectivity index (χ3v) is 5.34. The van der Waals surface area contributed by atoms with Crippen molar-refractivity contribution in [1.82, 2.24) is 4.90 Å². The molecule has 1 fully saturated rings. The first kappa shape index (κ1) is 16.4. The molecule has 0 N–H and O–H groups in total. The van der Waals surface area contributed by atoms with E-state index in [2.05, 4.69) is 23.1 Å². The van der Waals surface area contributed by atoms with E-state index in [9.17, 15) is 13.2 Å². The molecule has 2 aromatic rings. The van der Waals surface area contributed by atoms with Crippen molar-refractivity contribution in [1.29, 1.82) is 0 Å². The smallest absolute Gasteiger partial charge is 0.194 e. The van der Waals surface area contributed by atoms with E-state index in [-0.39, 0.29) is 6.04 Å². The molecule has 0 aliphatic carbocycles. The number of rotatable bonds is 3. The quantitative estimate of drug-likeness (QED) is 0.682. The zero-order valence-corrected chi connectivity index (χ0v) is 13.9. The molecule has 2 atom stereocenters. The van der Waals surface area contributed by atoms with E-state index in [0.29, 0.717) is 11.6 Å². The Labute approximate surface area is 145 Å². The molecule has 2 bridgehead atoms. The van der Waals surface area contributed by atoms with Gasteiger partial charge in [0.05, 0.1) is 0 Å². The molecule has 2 unspecified atom stereocenters. The summed E-state index contributed by atoms with van der Waals surface area (Å²) >= 11 is 0. The molecular weight excluding hydrogens is 323 g/mol. The van der Waals surface area contributed by atoms with Crippen molar-refractivity contribution in [3.8, 4) is 0 Å². The Bertz CT molecular complexity index is 777. The van der Waals surface area contributed by atoms with Gasteiger partial charge in [-0.3, -0.25) is 4.90 Å². The van der Waals surface area contributed by atoms with Gasteiger partial charge in [-0.05, 0) is 48.1 Å². The Morgan fingerprint density at radius 2 is 1.68 bits per heavy atom. The molecule has 2 aromatic carbocycles. The molecule has 0 spiro atoms. The van der Waals surface area contributed by atoms with Gasteiger partial charge in [0.1, 0.15) is 0 Å². The molecule has 130 valence electrons. The molecule has 1 nitrogen and oxygen atoms in total. The fourth-order valence-electron chi connectivity index (χ4n) is 4.11. The summed E-state index contributed by atoms with van der Waals surface area (Å²) in [6.45, 7) is 0.881. The number of hydrogen-bond acceptors (Lipinski definition) is 1. The van der Waals surface area contributed by atoms with Gasteiger partial charge in [-0.25, -0.2) is 13.2 Å². The molecular formula is C21H20F3N. The first-order valence-electron chi connectivity index (χ1n) is 8.77. The van der Waals surface area contributed by atoms with Gasteiger partial charge in [0, 0.05) is 18.6 Å². The van der Waals surface area contributed by atoms with Crippen molar-refractivity contribution < 1.29 is 13.2 Å². The molecule has 2 aliphatic rings. The number of halogens is 3. The van der Waals surface area contributed by atoms with Crippen LogP contribution in [0, 0.1) is 17.5 Å². The molecule has 4 heteroatoms. The van der Waals surface area contributed by atoms with Crippen LogP contribution in [0.3, 0.4) is 0 Å². The lowest BCUT2D eigenvalue weighted by Crippen LogP contribution is -2.47. The Morgan fingerprint density at radius 3 is 2.36 bits per heavy atom. The first-order valence-corrected chi connectivity index (χ1v) is 8.77. The van der Waals surface area contributed by atoms with Crippen molar-refractivity contribution >= 4 is 5.57 Å². The summed E-state index contributed by atoms with van der Waals surface area (Å²) in [5, 5.41) is 0. The van der Waals surface area contributed by atoms with Gasteiger partial charge in [-0.15, -0.1) is 0 Å². The molecule has 0 amide bonds. The summed E-state index contributed by atoms with van der Waals surface area (Å²) in [6.07, 6.45) is 6.14. The average Bonchev–Trinajstić information content (AvgIpc) is 2.60. The molecule has 2 aliphatic heterocycles. The third kappa shape index (κ3) is 3.23. The van der Waals surface area contributed by atoms with E-state index in [1.54, 1.807) is 0 Å². The second-order valence-electron chi connectivity index (χ2n) is 6.96. The Kier molecular flexibility index (Phi) is 4.38. The zero-order valence-electron chi connectivity index (χ0n) is 13.9. The second kappa shape index (κ2) is 6.68. The normalized spacial score (nSPS) is 23.4. The topological polar surface area (TPSA) is 3.24 Å². The van der Waals surface area contributed by atoms with E-state index in [4.69, 9.17) is 0 Å². The molecule has 1 saturated heterocycles. The highest BCUT2D eigenvalue weighted by Crippen LogP contribution is 2.38. The summed E-state index contributed by atoms with van der Waals surface area (Å²) in [5.41, 5.74) is 2.67. The maximum Gasteiger partial charge on any atom is 0.194 e. The van der Waals surface area contributed by atoms with Crippen LogP contribution in [0.2, 0.25) is 0 Å². The van der Waals surface area contributed by atoms with E-state index in [1.165, 1.54) is 5.56 Å². The van der Waals surface area contributed by atoms with Crippen LogP contribution in [-0.2, 0) is 6.54 Å². The Hall–Kier alpha value is -2.07. The minimum Gasteiger partial charge on any atom is -0.289 e. The molecule has 2 heterocycles. The van der Waals surface area contributed by atoms with Gasteiger partial charge >= 0.3 is 0 Å². The van der Waals surface area contributed by atoms with E-state index >= 15 is 0 Å². The lowest BCUT2D eigenvalue weighted by molar-refractivity contribution is 0.0951. The van der Waals surface area contributed by atoms with Crippen LogP contribution in [-0.4, -0.2) is 17.0 Å². The van der Waals surface area contributed by atoms with E-state index in [0.717, 1.165) is 49.9 Å². The monoisotopic (exact) mass is 343 g/mol. The largest absolute Gasteiger partial charge is 0.289 e. The third-order valence-electron chi connectivity index (χ3n) is 5.34. The van der Waals surface area contributed by atoms with Gasteiger partial charge in [-0.1, -0.05) is 42.8 Å². The van der Waals surface area contributed by atoms with Gasteiger partial charge < -0.3 is 0 Å². The van der Waals surface area contributed by atoms with Gasteiger partial charge in [-0.2, -0.15) is 0 Å². The summed E-state index contributed by atoms with van der Waals surface area (Å²) in [4.78, 5) is 2.48. The summed E-state index contributed by atoms with van der Waals surface area (Å²) < 4.78 is 40.4. The number of fused-ring (bicyclic) bond motifs is 2.